The summed E-state index contributed by atoms with van der Waals surface area (Å²) in [6.45, 7) is -2.25. The Morgan fingerprint density at radius 2 is 2.32 bits per heavy atom. The maximum Gasteiger partial charge on any atom is 0.312 e. The zero-order valence-electron chi connectivity index (χ0n) is 13.6. The van der Waals surface area contributed by atoms with E-state index in [0.29, 0.717) is 24.1 Å². The summed E-state index contributed by atoms with van der Waals surface area (Å²) in [6.07, 6.45) is 8.57. The van der Waals surface area contributed by atoms with E-state index in [2.05, 4.69) is 9.88 Å². The molecule has 4 rings (SSSR count). The van der Waals surface area contributed by atoms with Gasteiger partial charge in [0.1, 0.15) is 0 Å². The van der Waals surface area contributed by atoms with Gasteiger partial charge in [-0.25, -0.2) is 4.98 Å². The summed E-state index contributed by atoms with van der Waals surface area (Å²) in [6, 6.07) is 0.406. The lowest BCUT2D eigenvalue weighted by Gasteiger charge is -2.32. The molecule has 1 aromatic rings. The Hall–Kier alpha value is -2.09. The summed E-state index contributed by atoms with van der Waals surface area (Å²) >= 11 is 1.56. The Morgan fingerprint density at radius 3 is 3.04 bits per heavy atom. The number of amidine groups is 1. The highest BCUT2D eigenvalue weighted by molar-refractivity contribution is 7.11. The highest BCUT2D eigenvalue weighted by atomic mass is 32.1. The minimum Gasteiger partial charge on any atom is -0.336 e. The van der Waals surface area contributed by atoms with Gasteiger partial charge in [-0.2, -0.15) is 8.78 Å². The zero-order valence-corrected chi connectivity index (χ0v) is 14.4. The molecular weight excluding hydrogens is 344 g/mol. The Labute approximate surface area is 148 Å². The van der Waals surface area contributed by atoms with Gasteiger partial charge in [-0.1, -0.05) is 6.42 Å². The first-order valence-corrected chi connectivity index (χ1v) is 9.27. The maximum atomic E-state index is 12.5. The molecule has 0 amide bonds. The SMILES string of the molecule is N=C/C(=C\NC(F)F)C1=C2CC3CCCC3N2C(c2nccs2)=NC1. The normalized spacial score (nSPS) is 26.0. The number of halogens is 2. The predicted octanol–water partition coefficient (Wildman–Crippen LogP) is 3.38. The third kappa shape index (κ3) is 2.88. The summed E-state index contributed by atoms with van der Waals surface area (Å²) in [5, 5.41) is 12.5. The topological polar surface area (TPSA) is 64.4 Å². The van der Waals surface area contributed by atoms with Crippen molar-refractivity contribution in [2.75, 3.05) is 6.54 Å². The quantitative estimate of drug-likeness (QED) is 0.623. The lowest BCUT2D eigenvalue weighted by molar-refractivity contribution is 0.125. The average molecular weight is 363 g/mol. The van der Waals surface area contributed by atoms with E-state index in [-0.39, 0.29) is 0 Å². The van der Waals surface area contributed by atoms with Crippen molar-refractivity contribution in [3.05, 3.63) is 39.6 Å². The minimum absolute atomic E-state index is 0.395. The van der Waals surface area contributed by atoms with E-state index < -0.39 is 6.55 Å². The van der Waals surface area contributed by atoms with E-state index in [9.17, 15) is 8.78 Å². The molecule has 1 saturated heterocycles. The van der Waals surface area contributed by atoms with Crippen molar-refractivity contribution < 1.29 is 8.78 Å². The number of thiazole rings is 1. The fourth-order valence-corrected chi connectivity index (χ4v) is 4.79. The monoisotopic (exact) mass is 363 g/mol. The molecule has 0 radical (unpaired) electrons. The van der Waals surface area contributed by atoms with Crippen LogP contribution in [-0.4, -0.2) is 41.1 Å². The van der Waals surface area contributed by atoms with E-state index in [1.165, 1.54) is 19.0 Å². The standard InChI is InChI=1S/C17H19F2N5S/c18-17(19)23-8-11(7-20)12-9-22-15(16-21-4-5-25-16)24-13-3-1-2-10(13)6-14(12)24/h4-5,7-8,10,13,17,20,23H,1-3,6,9H2/b11-8+,20-7?. The molecule has 3 aliphatic rings. The Kier molecular flexibility index (Phi) is 4.37. The van der Waals surface area contributed by atoms with Gasteiger partial charge in [0.2, 0.25) is 0 Å². The van der Waals surface area contributed by atoms with Crippen molar-refractivity contribution in [1.29, 1.82) is 5.41 Å². The van der Waals surface area contributed by atoms with Gasteiger partial charge in [0.25, 0.3) is 0 Å². The fourth-order valence-electron chi connectivity index (χ4n) is 4.15. The lowest BCUT2D eigenvalue weighted by Crippen LogP contribution is -2.38. The van der Waals surface area contributed by atoms with E-state index in [1.54, 1.807) is 17.5 Å². The number of rotatable bonds is 5. The molecule has 1 saturated carbocycles. The summed E-state index contributed by atoms with van der Waals surface area (Å²) in [7, 11) is 0. The molecule has 5 nitrogen and oxygen atoms in total. The van der Waals surface area contributed by atoms with Crippen molar-refractivity contribution in [1.82, 2.24) is 15.2 Å². The lowest BCUT2D eigenvalue weighted by atomic mass is 9.99. The Bertz CT molecular complexity index is 753. The van der Waals surface area contributed by atoms with E-state index in [0.717, 1.165) is 41.2 Å². The van der Waals surface area contributed by atoms with Gasteiger partial charge in [0, 0.05) is 46.9 Å². The van der Waals surface area contributed by atoms with E-state index in [1.807, 2.05) is 10.7 Å². The molecule has 2 fully saturated rings. The molecule has 2 unspecified atom stereocenters. The van der Waals surface area contributed by atoms with Crippen LogP contribution in [-0.2, 0) is 0 Å². The van der Waals surface area contributed by atoms with E-state index in [4.69, 9.17) is 10.4 Å². The molecule has 1 aromatic heterocycles. The van der Waals surface area contributed by atoms with Crippen LogP contribution in [0.4, 0.5) is 8.78 Å². The number of hydrogen-bond acceptors (Lipinski definition) is 6. The van der Waals surface area contributed by atoms with Crippen LogP contribution in [0.25, 0.3) is 0 Å². The van der Waals surface area contributed by atoms with Crippen LogP contribution in [0.2, 0.25) is 0 Å². The van der Waals surface area contributed by atoms with Gasteiger partial charge in [-0.05, 0) is 25.2 Å². The zero-order chi connectivity index (χ0) is 17.4. The highest BCUT2D eigenvalue weighted by Gasteiger charge is 2.45. The maximum absolute atomic E-state index is 12.5. The van der Waals surface area contributed by atoms with Gasteiger partial charge < -0.3 is 15.6 Å². The second-order valence-corrected chi connectivity index (χ2v) is 7.34. The Balaban J connectivity index is 1.74. The second kappa shape index (κ2) is 6.67. The number of allylic oxidation sites excluding steroid dienone is 1. The molecule has 25 heavy (non-hydrogen) atoms. The molecule has 0 aromatic carbocycles. The van der Waals surface area contributed by atoms with Gasteiger partial charge in [0.15, 0.2) is 10.8 Å². The van der Waals surface area contributed by atoms with Gasteiger partial charge >= 0.3 is 6.55 Å². The van der Waals surface area contributed by atoms with Crippen LogP contribution < -0.4 is 5.32 Å². The second-order valence-electron chi connectivity index (χ2n) is 6.45. The van der Waals surface area contributed by atoms with Crippen molar-refractivity contribution in [2.45, 2.75) is 38.3 Å². The number of aliphatic imine (C=N–C) groups is 1. The molecular formula is C17H19F2N5S. The third-order valence-electron chi connectivity index (χ3n) is 5.15. The molecule has 2 N–H and O–H groups in total. The molecule has 132 valence electrons. The molecule has 2 atom stereocenters. The van der Waals surface area contributed by atoms with Crippen LogP contribution in [0.5, 0.6) is 0 Å². The van der Waals surface area contributed by atoms with Gasteiger partial charge in [-0.15, -0.1) is 11.3 Å². The summed E-state index contributed by atoms with van der Waals surface area (Å²) in [5.41, 5.74) is 2.47. The first-order valence-electron chi connectivity index (χ1n) is 8.40. The average Bonchev–Trinajstić information content (AvgIpc) is 3.32. The number of nitrogens with one attached hydrogen (secondary N) is 2. The largest absolute Gasteiger partial charge is 0.336 e. The minimum atomic E-state index is -2.64. The fraction of sp³-hybridized carbons (Fsp3) is 0.471. The number of nitrogens with zero attached hydrogens (tertiary/aromatic N) is 3. The number of aromatic nitrogens is 1. The van der Waals surface area contributed by atoms with E-state index >= 15 is 0 Å². The Morgan fingerprint density at radius 1 is 1.44 bits per heavy atom. The third-order valence-corrected chi connectivity index (χ3v) is 5.92. The first kappa shape index (κ1) is 16.4. The van der Waals surface area contributed by atoms with Crippen LogP contribution in [0, 0.1) is 11.3 Å². The molecule has 3 heterocycles. The van der Waals surface area contributed by atoms with Crippen LogP contribution in [0.1, 0.15) is 30.7 Å². The molecule has 0 bridgehead atoms. The molecule has 8 heteroatoms. The van der Waals surface area contributed by atoms with Gasteiger partial charge in [-0.3, -0.25) is 4.99 Å². The summed E-state index contributed by atoms with van der Waals surface area (Å²) in [4.78, 5) is 11.4. The number of fused-ring (bicyclic) bond motifs is 3. The van der Waals surface area contributed by atoms with Gasteiger partial charge in [0.05, 0.1) is 6.54 Å². The summed E-state index contributed by atoms with van der Waals surface area (Å²) in [5.74, 6) is 1.47. The van der Waals surface area contributed by atoms with Crippen molar-refractivity contribution in [3.8, 4) is 0 Å². The van der Waals surface area contributed by atoms with Crippen molar-refractivity contribution in [2.24, 2.45) is 10.9 Å². The number of alkyl halides is 2. The number of hydrogen-bond donors (Lipinski definition) is 2. The van der Waals surface area contributed by atoms with Crippen molar-refractivity contribution >= 4 is 23.4 Å². The van der Waals surface area contributed by atoms with Crippen LogP contribution in [0.3, 0.4) is 0 Å². The smallest absolute Gasteiger partial charge is 0.312 e. The highest BCUT2D eigenvalue weighted by Crippen LogP contribution is 2.47. The van der Waals surface area contributed by atoms with Crippen molar-refractivity contribution in [3.63, 3.8) is 0 Å². The first-order chi connectivity index (χ1) is 12.2. The molecule has 1 aliphatic carbocycles. The molecule has 2 aliphatic heterocycles. The van der Waals surface area contributed by atoms with Crippen LogP contribution in [0.15, 0.2) is 39.6 Å². The predicted molar refractivity (Wildman–Crippen MR) is 94.1 cm³/mol. The molecule has 0 spiro atoms. The van der Waals surface area contributed by atoms with Crippen LogP contribution >= 0.6 is 11.3 Å². The summed E-state index contributed by atoms with van der Waals surface area (Å²) < 4.78 is 25.0.